The van der Waals surface area contributed by atoms with Crippen LogP contribution in [0.25, 0.3) is 10.8 Å². The third kappa shape index (κ3) is 5.03. The summed E-state index contributed by atoms with van der Waals surface area (Å²) in [7, 11) is -3.90. The molecule has 1 aliphatic heterocycles. The largest absolute Gasteiger partial charge is 0.378 e. The first kappa shape index (κ1) is 19.3. The maximum absolute atomic E-state index is 12.4. The number of nitrogens with zero attached hydrogens (tertiary/aromatic N) is 1. The highest BCUT2D eigenvalue weighted by atomic mass is 32.2. The van der Waals surface area contributed by atoms with Gasteiger partial charge in [0.05, 0.1) is 18.1 Å². The van der Waals surface area contributed by atoms with E-state index >= 15 is 0 Å². The molecule has 1 aliphatic rings. The van der Waals surface area contributed by atoms with Crippen LogP contribution in [0.4, 0.5) is 0 Å². The molecule has 1 saturated heterocycles. The maximum Gasteiger partial charge on any atom is 0.257 e. The average molecular weight is 391 g/mol. The molecule has 2 N–H and O–H groups in total. The van der Waals surface area contributed by atoms with Gasteiger partial charge in [0.2, 0.25) is 11.8 Å². The zero-order valence-electron chi connectivity index (χ0n) is 14.7. The van der Waals surface area contributed by atoms with Crippen molar-refractivity contribution in [2.75, 3.05) is 26.3 Å². The zero-order valence-corrected chi connectivity index (χ0v) is 15.5. The lowest BCUT2D eigenvalue weighted by atomic mass is 10.1. The van der Waals surface area contributed by atoms with Crippen LogP contribution in [0.5, 0.6) is 0 Å². The third-order valence-corrected chi connectivity index (χ3v) is 5.53. The minimum Gasteiger partial charge on any atom is -0.378 e. The number of carbonyl (C=O) groups excluding carboxylic acids is 2. The predicted octanol–water partition coefficient (Wildman–Crippen LogP) is 0.788. The molecule has 144 valence electrons. The number of amides is 2. The van der Waals surface area contributed by atoms with Gasteiger partial charge in [-0.2, -0.15) is 0 Å². The number of morpholine rings is 1. The molecular weight excluding hydrogens is 370 g/mol. The van der Waals surface area contributed by atoms with Crippen LogP contribution in [0.1, 0.15) is 12.8 Å². The van der Waals surface area contributed by atoms with E-state index in [0.29, 0.717) is 26.3 Å². The molecule has 0 radical (unpaired) electrons. The monoisotopic (exact) mass is 391 g/mol. The fraction of sp³-hybridized carbons (Fsp3) is 0.333. The Bertz CT molecular complexity index is 939. The Labute approximate surface area is 157 Å². The summed E-state index contributed by atoms with van der Waals surface area (Å²) in [6.07, 6.45) is -0.0834. The fourth-order valence-corrected chi connectivity index (χ4v) is 3.67. The van der Waals surface area contributed by atoms with E-state index in [9.17, 15) is 18.0 Å². The summed E-state index contributed by atoms with van der Waals surface area (Å²) in [5.41, 5.74) is 2.16. The second-order valence-electron chi connectivity index (χ2n) is 6.16. The zero-order chi connectivity index (χ0) is 19.3. The molecule has 2 aromatic rings. The molecule has 0 aliphatic carbocycles. The Morgan fingerprint density at radius 3 is 2.44 bits per heavy atom. The Morgan fingerprint density at radius 2 is 1.70 bits per heavy atom. The number of hydrogen-bond donors (Lipinski definition) is 2. The quantitative estimate of drug-likeness (QED) is 0.709. The first-order valence-corrected chi connectivity index (χ1v) is 10.1. The van der Waals surface area contributed by atoms with Crippen LogP contribution in [-0.4, -0.2) is 51.4 Å². The van der Waals surface area contributed by atoms with Crippen LogP contribution in [0.15, 0.2) is 47.4 Å². The van der Waals surface area contributed by atoms with Crippen molar-refractivity contribution < 1.29 is 22.7 Å². The normalized spacial score (nSPS) is 14.9. The van der Waals surface area contributed by atoms with Crippen molar-refractivity contribution in [3.8, 4) is 0 Å². The van der Waals surface area contributed by atoms with E-state index in [2.05, 4.69) is 10.3 Å². The summed E-state index contributed by atoms with van der Waals surface area (Å²) in [5.74, 6) is -0.716. The Kier molecular flexibility index (Phi) is 6.04. The fourth-order valence-electron chi connectivity index (χ4n) is 2.77. The van der Waals surface area contributed by atoms with Crippen LogP contribution in [0.2, 0.25) is 0 Å². The van der Waals surface area contributed by atoms with Crippen molar-refractivity contribution >= 4 is 32.6 Å². The summed E-state index contributed by atoms with van der Waals surface area (Å²) in [5, 5.41) is 1.70. The Morgan fingerprint density at radius 1 is 1.00 bits per heavy atom. The number of benzene rings is 2. The van der Waals surface area contributed by atoms with E-state index in [4.69, 9.17) is 4.74 Å². The van der Waals surface area contributed by atoms with E-state index in [-0.39, 0.29) is 23.6 Å². The molecule has 0 unspecified atom stereocenters. The number of fused-ring (bicyclic) bond motifs is 1. The van der Waals surface area contributed by atoms with Crippen LogP contribution < -0.4 is 10.3 Å². The van der Waals surface area contributed by atoms with E-state index in [1.807, 2.05) is 24.3 Å². The highest BCUT2D eigenvalue weighted by molar-refractivity contribution is 7.89. The average Bonchev–Trinajstić information content (AvgIpc) is 2.70. The van der Waals surface area contributed by atoms with Gasteiger partial charge in [0.25, 0.3) is 10.0 Å². The third-order valence-electron chi connectivity index (χ3n) is 4.29. The van der Waals surface area contributed by atoms with Gasteiger partial charge in [-0.1, -0.05) is 30.3 Å². The number of ether oxygens (including phenoxy) is 1. The van der Waals surface area contributed by atoms with Gasteiger partial charge in [0, 0.05) is 25.9 Å². The molecule has 1 heterocycles. The molecule has 2 aromatic carbocycles. The molecule has 1 fully saturated rings. The number of sulfonamides is 1. The van der Waals surface area contributed by atoms with Crippen LogP contribution in [-0.2, 0) is 24.3 Å². The molecule has 0 saturated carbocycles. The predicted molar refractivity (Wildman–Crippen MR) is 99.0 cm³/mol. The first-order chi connectivity index (χ1) is 13.0. The van der Waals surface area contributed by atoms with Crippen LogP contribution in [0.3, 0.4) is 0 Å². The molecule has 2 amide bonds. The molecule has 9 heteroatoms. The van der Waals surface area contributed by atoms with Crippen molar-refractivity contribution in [1.82, 2.24) is 15.2 Å². The van der Waals surface area contributed by atoms with Crippen LogP contribution in [0, 0.1) is 0 Å². The van der Waals surface area contributed by atoms with Gasteiger partial charge in [0.1, 0.15) is 0 Å². The molecule has 0 aromatic heterocycles. The summed E-state index contributed by atoms with van der Waals surface area (Å²) in [6.45, 7) is 2.00. The van der Waals surface area contributed by atoms with Crippen molar-refractivity contribution in [2.45, 2.75) is 17.7 Å². The van der Waals surface area contributed by atoms with Crippen molar-refractivity contribution in [1.29, 1.82) is 0 Å². The van der Waals surface area contributed by atoms with E-state index in [1.165, 1.54) is 12.1 Å². The van der Waals surface area contributed by atoms with Crippen molar-refractivity contribution in [3.05, 3.63) is 42.5 Å². The molecule has 0 spiro atoms. The number of hydrazine groups is 1. The molecule has 27 heavy (non-hydrogen) atoms. The van der Waals surface area contributed by atoms with E-state index < -0.39 is 15.9 Å². The van der Waals surface area contributed by atoms with Gasteiger partial charge in [0.15, 0.2) is 0 Å². The van der Waals surface area contributed by atoms with Gasteiger partial charge < -0.3 is 9.64 Å². The van der Waals surface area contributed by atoms with Gasteiger partial charge in [-0.25, -0.2) is 8.42 Å². The number of carbonyl (C=O) groups is 2. The van der Waals surface area contributed by atoms with Gasteiger partial charge >= 0.3 is 0 Å². The summed E-state index contributed by atoms with van der Waals surface area (Å²) < 4.78 is 29.9. The molecule has 3 rings (SSSR count). The number of hydrogen-bond acceptors (Lipinski definition) is 5. The van der Waals surface area contributed by atoms with Gasteiger partial charge in [-0.3, -0.25) is 15.0 Å². The van der Waals surface area contributed by atoms with Gasteiger partial charge in [-0.05, 0) is 22.9 Å². The van der Waals surface area contributed by atoms with E-state index in [0.717, 1.165) is 10.8 Å². The highest BCUT2D eigenvalue weighted by Crippen LogP contribution is 2.18. The lowest BCUT2D eigenvalue weighted by molar-refractivity contribution is -0.137. The topological polar surface area (TPSA) is 105 Å². The summed E-state index contributed by atoms with van der Waals surface area (Å²) in [4.78, 5) is 27.6. The first-order valence-electron chi connectivity index (χ1n) is 8.61. The SMILES string of the molecule is O=C(CCC(=O)N1CCOCC1)NNS(=O)(=O)c1ccc2ccccc2c1. The second kappa shape index (κ2) is 8.47. The number of nitrogens with one attached hydrogen (secondary N) is 2. The van der Waals surface area contributed by atoms with E-state index in [1.54, 1.807) is 11.0 Å². The Hall–Kier alpha value is -2.49. The van der Waals surface area contributed by atoms with Gasteiger partial charge in [-0.15, -0.1) is 4.83 Å². The van der Waals surface area contributed by atoms with Crippen molar-refractivity contribution in [2.24, 2.45) is 0 Å². The minimum absolute atomic E-state index is 0.0174. The second-order valence-corrected chi connectivity index (χ2v) is 7.84. The standard InChI is InChI=1S/C18H21N3O5S/c22-17(7-8-18(23)21-9-11-26-12-10-21)19-20-27(24,25)16-6-5-14-3-1-2-4-15(14)13-16/h1-6,13,20H,7-12H2,(H,19,22). The molecule has 0 atom stereocenters. The molecule has 8 nitrogen and oxygen atoms in total. The highest BCUT2D eigenvalue weighted by Gasteiger charge is 2.19. The number of rotatable bonds is 6. The molecule has 0 bridgehead atoms. The Balaban J connectivity index is 1.52. The summed E-state index contributed by atoms with van der Waals surface area (Å²) >= 11 is 0. The summed E-state index contributed by atoms with van der Waals surface area (Å²) in [6, 6.07) is 12.1. The van der Waals surface area contributed by atoms with Crippen LogP contribution >= 0.6 is 0 Å². The maximum atomic E-state index is 12.4. The van der Waals surface area contributed by atoms with Crippen molar-refractivity contribution in [3.63, 3.8) is 0 Å². The lowest BCUT2D eigenvalue weighted by Gasteiger charge is -2.26. The smallest absolute Gasteiger partial charge is 0.257 e. The minimum atomic E-state index is -3.90. The molecular formula is C18H21N3O5S. The lowest BCUT2D eigenvalue weighted by Crippen LogP contribution is -2.43.